The molecule has 1 amide bonds. The Hall–Kier alpha value is -1.26. The summed E-state index contributed by atoms with van der Waals surface area (Å²) in [5.41, 5.74) is 3.38. The van der Waals surface area contributed by atoms with Crippen LogP contribution in [0.4, 0.5) is 5.69 Å². The first-order valence-electron chi connectivity index (χ1n) is 10.0. The van der Waals surface area contributed by atoms with Gasteiger partial charge in [-0.2, -0.15) is 0 Å². The monoisotopic (exact) mass is 376 g/mol. The molecule has 1 spiro atoms. The second-order valence-corrected chi connectivity index (χ2v) is 8.55. The normalized spacial score (nSPS) is 23.1. The number of amides is 1. The fraction of sp³-hybridized carbons (Fsp3) is 0.667. The van der Waals surface area contributed by atoms with Gasteiger partial charge in [-0.15, -0.1) is 0 Å². The van der Waals surface area contributed by atoms with Crippen LogP contribution in [-0.2, 0) is 16.1 Å². The third kappa shape index (κ3) is 3.34. The van der Waals surface area contributed by atoms with Crippen LogP contribution in [0.3, 0.4) is 0 Å². The summed E-state index contributed by atoms with van der Waals surface area (Å²) in [4.78, 5) is 17.5. The second-order valence-electron chi connectivity index (χ2n) is 8.14. The van der Waals surface area contributed by atoms with E-state index in [1.807, 2.05) is 4.90 Å². The van der Waals surface area contributed by atoms with Gasteiger partial charge >= 0.3 is 0 Å². The summed E-state index contributed by atoms with van der Waals surface area (Å²) in [6.07, 6.45) is 6.86. The maximum absolute atomic E-state index is 13.1. The number of morpholine rings is 1. The average molecular weight is 377 g/mol. The Labute approximate surface area is 161 Å². The van der Waals surface area contributed by atoms with Crippen LogP contribution in [-0.4, -0.2) is 43.7 Å². The predicted molar refractivity (Wildman–Crippen MR) is 105 cm³/mol. The molecule has 1 aromatic rings. The van der Waals surface area contributed by atoms with Crippen LogP contribution in [0.1, 0.15) is 49.7 Å². The minimum Gasteiger partial charge on any atom is -0.378 e. The number of likely N-dealkylation sites (tertiary alicyclic amines) is 1. The minimum atomic E-state index is -0.0631. The second kappa shape index (κ2) is 7.40. The van der Waals surface area contributed by atoms with Crippen molar-refractivity contribution in [3.8, 4) is 0 Å². The molecule has 5 heteroatoms. The van der Waals surface area contributed by atoms with E-state index in [1.54, 1.807) is 0 Å². The Bertz CT molecular complexity index is 656. The SMILES string of the molecule is Cc1cc(N2CCOCC2)cc(Cl)c1CN1CCC2(CCCCC2)C1=O. The Morgan fingerprint density at radius 1 is 1.08 bits per heavy atom. The Morgan fingerprint density at radius 3 is 2.50 bits per heavy atom. The van der Waals surface area contributed by atoms with E-state index in [0.717, 1.165) is 68.4 Å². The van der Waals surface area contributed by atoms with Gasteiger partial charge in [-0.1, -0.05) is 30.9 Å². The number of rotatable bonds is 3. The Kier molecular flexibility index (Phi) is 5.15. The topological polar surface area (TPSA) is 32.8 Å². The molecule has 26 heavy (non-hydrogen) atoms. The summed E-state index contributed by atoms with van der Waals surface area (Å²) < 4.78 is 5.44. The molecule has 0 aromatic heterocycles. The van der Waals surface area contributed by atoms with Gasteiger partial charge in [0.2, 0.25) is 5.91 Å². The predicted octanol–water partition coefficient (Wildman–Crippen LogP) is 4.17. The molecule has 142 valence electrons. The highest BCUT2D eigenvalue weighted by atomic mass is 35.5. The number of carbonyl (C=O) groups excluding carboxylic acids is 1. The molecule has 0 unspecified atom stereocenters. The number of anilines is 1. The van der Waals surface area contributed by atoms with E-state index in [9.17, 15) is 4.79 Å². The van der Waals surface area contributed by atoms with Crippen LogP contribution in [0.5, 0.6) is 0 Å². The molecular weight excluding hydrogens is 348 g/mol. The van der Waals surface area contributed by atoms with Crippen LogP contribution < -0.4 is 4.90 Å². The van der Waals surface area contributed by atoms with Crippen molar-refractivity contribution in [2.45, 2.75) is 52.0 Å². The van der Waals surface area contributed by atoms with Crippen LogP contribution in [0.15, 0.2) is 12.1 Å². The van der Waals surface area contributed by atoms with E-state index in [1.165, 1.54) is 24.8 Å². The smallest absolute Gasteiger partial charge is 0.229 e. The molecule has 0 radical (unpaired) electrons. The van der Waals surface area contributed by atoms with Gasteiger partial charge in [0.15, 0.2) is 0 Å². The molecular formula is C21H29ClN2O2. The van der Waals surface area contributed by atoms with Crippen LogP contribution in [0, 0.1) is 12.3 Å². The van der Waals surface area contributed by atoms with Crippen molar-refractivity contribution in [1.82, 2.24) is 4.90 Å². The number of hydrogen-bond acceptors (Lipinski definition) is 3. The first kappa shape index (κ1) is 18.1. The van der Waals surface area contributed by atoms with E-state index in [0.29, 0.717) is 12.5 Å². The fourth-order valence-electron chi connectivity index (χ4n) is 4.89. The highest BCUT2D eigenvalue weighted by molar-refractivity contribution is 6.31. The first-order chi connectivity index (χ1) is 12.6. The largest absolute Gasteiger partial charge is 0.378 e. The lowest BCUT2D eigenvalue weighted by Gasteiger charge is -2.32. The third-order valence-electron chi connectivity index (χ3n) is 6.54. The quantitative estimate of drug-likeness (QED) is 0.793. The number of carbonyl (C=O) groups is 1. The van der Waals surface area contributed by atoms with Gasteiger partial charge in [0.25, 0.3) is 0 Å². The highest BCUT2D eigenvalue weighted by Crippen LogP contribution is 2.45. The lowest BCUT2D eigenvalue weighted by atomic mass is 9.73. The van der Waals surface area contributed by atoms with Gasteiger partial charge in [-0.25, -0.2) is 0 Å². The minimum absolute atomic E-state index is 0.0631. The van der Waals surface area contributed by atoms with Crippen LogP contribution in [0.25, 0.3) is 0 Å². The Balaban J connectivity index is 1.50. The van der Waals surface area contributed by atoms with Crippen molar-refractivity contribution < 1.29 is 9.53 Å². The Morgan fingerprint density at radius 2 is 1.81 bits per heavy atom. The van der Waals surface area contributed by atoms with Crippen molar-refractivity contribution in [2.24, 2.45) is 5.41 Å². The molecule has 1 aromatic carbocycles. The molecule has 1 aliphatic carbocycles. The number of hydrogen-bond donors (Lipinski definition) is 0. The summed E-state index contributed by atoms with van der Waals surface area (Å²) in [7, 11) is 0. The molecule has 1 saturated carbocycles. The van der Waals surface area contributed by atoms with Gasteiger partial charge in [0.05, 0.1) is 18.6 Å². The summed E-state index contributed by atoms with van der Waals surface area (Å²) in [5, 5.41) is 0.781. The van der Waals surface area contributed by atoms with Crippen LogP contribution in [0.2, 0.25) is 5.02 Å². The number of aryl methyl sites for hydroxylation is 1. The zero-order valence-electron chi connectivity index (χ0n) is 15.7. The number of ether oxygens (including phenoxy) is 1. The molecule has 0 N–H and O–H groups in total. The van der Waals surface area contributed by atoms with Gasteiger partial charge in [0, 0.05) is 36.9 Å². The van der Waals surface area contributed by atoms with E-state index in [-0.39, 0.29) is 5.41 Å². The lowest BCUT2D eigenvalue weighted by molar-refractivity contribution is -0.138. The lowest BCUT2D eigenvalue weighted by Crippen LogP contribution is -2.36. The molecule has 4 nitrogen and oxygen atoms in total. The molecule has 4 rings (SSSR count). The van der Waals surface area contributed by atoms with E-state index in [2.05, 4.69) is 24.0 Å². The molecule has 2 aliphatic heterocycles. The first-order valence-corrected chi connectivity index (χ1v) is 10.4. The average Bonchev–Trinajstić information content (AvgIpc) is 2.95. The molecule has 2 heterocycles. The van der Waals surface area contributed by atoms with Crippen molar-refractivity contribution in [3.05, 3.63) is 28.3 Å². The maximum atomic E-state index is 13.1. The molecule has 3 aliphatic rings. The zero-order chi connectivity index (χ0) is 18.1. The molecule has 3 fully saturated rings. The summed E-state index contributed by atoms with van der Waals surface area (Å²) in [5.74, 6) is 0.366. The number of benzene rings is 1. The third-order valence-corrected chi connectivity index (χ3v) is 6.88. The fourth-order valence-corrected chi connectivity index (χ4v) is 5.21. The highest BCUT2D eigenvalue weighted by Gasteiger charge is 2.46. The van der Waals surface area contributed by atoms with Gasteiger partial charge in [-0.05, 0) is 49.4 Å². The van der Waals surface area contributed by atoms with E-state index in [4.69, 9.17) is 16.3 Å². The van der Waals surface area contributed by atoms with Gasteiger partial charge in [-0.3, -0.25) is 4.79 Å². The van der Waals surface area contributed by atoms with E-state index >= 15 is 0 Å². The van der Waals surface area contributed by atoms with Gasteiger partial charge in [0.1, 0.15) is 0 Å². The van der Waals surface area contributed by atoms with Crippen molar-refractivity contribution in [1.29, 1.82) is 0 Å². The summed E-state index contributed by atoms with van der Waals surface area (Å²) in [6.45, 7) is 6.98. The van der Waals surface area contributed by atoms with Crippen LogP contribution >= 0.6 is 11.6 Å². The number of nitrogens with zero attached hydrogens (tertiary/aromatic N) is 2. The maximum Gasteiger partial charge on any atom is 0.229 e. The molecule has 2 saturated heterocycles. The van der Waals surface area contributed by atoms with Crippen molar-refractivity contribution in [2.75, 3.05) is 37.7 Å². The van der Waals surface area contributed by atoms with Crippen molar-refractivity contribution in [3.63, 3.8) is 0 Å². The number of halogens is 1. The zero-order valence-corrected chi connectivity index (χ0v) is 16.5. The summed E-state index contributed by atoms with van der Waals surface area (Å²) in [6, 6.07) is 4.27. The van der Waals surface area contributed by atoms with Gasteiger partial charge < -0.3 is 14.5 Å². The van der Waals surface area contributed by atoms with Crippen molar-refractivity contribution >= 4 is 23.2 Å². The molecule has 0 atom stereocenters. The van der Waals surface area contributed by atoms with E-state index < -0.39 is 0 Å². The molecule has 0 bridgehead atoms. The summed E-state index contributed by atoms with van der Waals surface area (Å²) >= 11 is 6.66. The standard InChI is InChI=1S/C21H29ClN2O2/c1-16-13-17(23-9-11-26-12-10-23)14-19(22)18(16)15-24-8-7-21(20(24)25)5-3-2-4-6-21/h13-14H,2-12,15H2,1H3.